The minimum Gasteiger partial charge on any atom is -0.504 e. The first kappa shape index (κ1) is 19.2. The van der Waals surface area contributed by atoms with Gasteiger partial charge in [0.05, 0.1) is 0 Å². The number of hydrogen-bond donors (Lipinski definition) is 2. The molecule has 5 nitrogen and oxygen atoms in total. The van der Waals surface area contributed by atoms with Crippen LogP contribution in [0.3, 0.4) is 0 Å². The highest BCUT2D eigenvalue weighted by molar-refractivity contribution is 5.95. The maximum absolute atomic E-state index is 13.5. The second-order valence-corrected chi connectivity index (χ2v) is 7.51. The molecule has 2 N–H and O–H groups in total. The minimum absolute atomic E-state index is 0.0562. The molecular formula is C22H28N2O3. The van der Waals surface area contributed by atoms with Crippen LogP contribution in [0, 0.1) is 5.92 Å². The summed E-state index contributed by atoms with van der Waals surface area (Å²) < 4.78 is 0. The van der Waals surface area contributed by atoms with E-state index in [1.54, 1.807) is 12.3 Å². The Balaban J connectivity index is 1.86. The van der Waals surface area contributed by atoms with Crippen molar-refractivity contribution in [1.29, 1.82) is 0 Å². The van der Waals surface area contributed by atoms with Crippen LogP contribution in [-0.2, 0) is 4.79 Å². The number of carbonyl (C=O) groups excluding carboxylic acids is 1. The number of rotatable bonds is 5. The number of aromatic hydroxyl groups is 2. The molecule has 3 rings (SSSR count). The van der Waals surface area contributed by atoms with Crippen molar-refractivity contribution >= 4 is 11.7 Å². The average molecular weight is 368 g/mol. The van der Waals surface area contributed by atoms with Crippen LogP contribution in [0.1, 0.15) is 57.4 Å². The molecule has 0 aliphatic heterocycles. The van der Waals surface area contributed by atoms with E-state index < -0.39 is 0 Å². The molecule has 0 bridgehead atoms. The van der Waals surface area contributed by atoms with Gasteiger partial charge in [-0.25, -0.2) is 4.98 Å². The number of benzene rings is 1. The first-order chi connectivity index (χ1) is 13.0. The summed E-state index contributed by atoms with van der Waals surface area (Å²) in [4.78, 5) is 19.8. The van der Waals surface area contributed by atoms with Crippen molar-refractivity contribution < 1.29 is 15.0 Å². The molecule has 0 spiro atoms. The Bertz CT molecular complexity index is 772. The maximum atomic E-state index is 13.5. The first-order valence-electron chi connectivity index (χ1n) is 9.75. The summed E-state index contributed by atoms with van der Waals surface area (Å²) in [7, 11) is 0. The summed E-state index contributed by atoms with van der Waals surface area (Å²) in [6.07, 6.45) is 7.23. The van der Waals surface area contributed by atoms with Crippen molar-refractivity contribution in [2.75, 3.05) is 4.90 Å². The topological polar surface area (TPSA) is 73.7 Å². The molecule has 0 radical (unpaired) electrons. The molecule has 1 aromatic heterocycles. The van der Waals surface area contributed by atoms with Crippen LogP contribution < -0.4 is 4.90 Å². The van der Waals surface area contributed by atoms with Gasteiger partial charge in [-0.1, -0.05) is 45.2 Å². The van der Waals surface area contributed by atoms with E-state index in [1.165, 1.54) is 18.6 Å². The van der Waals surface area contributed by atoms with E-state index in [-0.39, 0.29) is 35.3 Å². The molecule has 27 heavy (non-hydrogen) atoms. The van der Waals surface area contributed by atoms with E-state index in [4.69, 9.17) is 0 Å². The second kappa shape index (κ2) is 8.42. The Morgan fingerprint density at radius 1 is 1.07 bits per heavy atom. The van der Waals surface area contributed by atoms with Gasteiger partial charge in [0.25, 0.3) is 0 Å². The molecule has 144 valence electrons. The van der Waals surface area contributed by atoms with Gasteiger partial charge in [0.2, 0.25) is 5.91 Å². The highest BCUT2D eigenvalue weighted by atomic mass is 16.3. The third kappa shape index (κ3) is 4.24. The zero-order chi connectivity index (χ0) is 19.4. The minimum atomic E-state index is -0.280. The van der Waals surface area contributed by atoms with E-state index in [0.29, 0.717) is 5.82 Å². The highest BCUT2D eigenvalue weighted by Gasteiger charge is 2.33. The molecule has 0 saturated heterocycles. The van der Waals surface area contributed by atoms with Crippen LogP contribution in [0.25, 0.3) is 0 Å². The van der Waals surface area contributed by atoms with E-state index >= 15 is 0 Å². The van der Waals surface area contributed by atoms with Gasteiger partial charge in [0.1, 0.15) is 5.82 Å². The summed E-state index contributed by atoms with van der Waals surface area (Å²) in [5.41, 5.74) is 0.829. The maximum Gasteiger partial charge on any atom is 0.231 e. The largest absolute Gasteiger partial charge is 0.504 e. The molecular weight excluding hydrogens is 340 g/mol. The van der Waals surface area contributed by atoms with Crippen LogP contribution in [0.4, 0.5) is 5.82 Å². The van der Waals surface area contributed by atoms with E-state index in [9.17, 15) is 15.0 Å². The fourth-order valence-electron chi connectivity index (χ4n) is 3.86. The highest BCUT2D eigenvalue weighted by Crippen LogP contribution is 2.34. The lowest BCUT2D eigenvalue weighted by atomic mass is 9.86. The number of anilines is 1. The third-order valence-corrected chi connectivity index (χ3v) is 5.74. The van der Waals surface area contributed by atoms with Crippen LogP contribution in [0.15, 0.2) is 42.6 Å². The first-order valence-corrected chi connectivity index (χ1v) is 9.75. The lowest BCUT2D eigenvalue weighted by Gasteiger charge is -2.36. The number of hydrogen-bond acceptors (Lipinski definition) is 4. The van der Waals surface area contributed by atoms with Crippen molar-refractivity contribution in [3.05, 3.63) is 48.2 Å². The number of nitrogens with zero attached hydrogens (tertiary/aromatic N) is 2. The number of phenolic OH excluding ortho intramolecular Hbond substituents is 2. The molecule has 1 amide bonds. The van der Waals surface area contributed by atoms with E-state index in [1.807, 2.05) is 36.9 Å². The van der Waals surface area contributed by atoms with Crippen molar-refractivity contribution in [2.24, 2.45) is 5.92 Å². The zero-order valence-corrected chi connectivity index (χ0v) is 16.0. The molecule has 1 aliphatic carbocycles. The summed E-state index contributed by atoms with van der Waals surface area (Å²) in [6, 6.07) is 10.6. The van der Waals surface area contributed by atoms with Gasteiger partial charge in [-0.15, -0.1) is 0 Å². The van der Waals surface area contributed by atoms with Gasteiger partial charge in [0, 0.05) is 18.2 Å². The van der Waals surface area contributed by atoms with Gasteiger partial charge < -0.3 is 10.2 Å². The molecule has 1 aliphatic rings. The quantitative estimate of drug-likeness (QED) is 0.757. The fourth-order valence-corrected chi connectivity index (χ4v) is 3.86. The standard InChI is InChI=1S/C22H28N2O3/c1-15(17-11-12-19(25)20(26)14-17)16(2)22(27)24(18-8-4-3-5-9-18)21-10-6-7-13-23-21/h6-7,10-16,18,25-26H,3-5,8-9H2,1-2H3. The summed E-state index contributed by atoms with van der Waals surface area (Å²) in [6.45, 7) is 3.90. The van der Waals surface area contributed by atoms with Crippen LogP contribution in [0.2, 0.25) is 0 Å². The second-order valence-electron chi connectivity index (χ2n) is 7.51. The molecule has 2 aromatic rings. The summed E-state index contributed by atoms with van der Waals surface area (Å²) in [5, 5.41) is 19.4. The van der Waals surface area contributed by atoms with Crippen LogP contribution in [0.5, 0.6) is 11.5 Å². The average Bonchev–Trinajstić information content (AvgIpc) is 2.70. The molecule has 2 atom stereocenters. The van der Waals surface area contributed by atoms with Crippen molar-refractivity contribution in [3.8, 4) is 11.5 Å². The lowest BCUT2D eigenvalue weighted by Crippen LogP contribution is -2.45. The Morgan fingerprint density at radius 2 is 1.81 bits per heavy atom. The number of aromatic nitrogens is 1. The van der Waals surface area contributed by atoms with Gasteiger partial charge >= 0.3 is 0 Å². The third-order valence-electron chi connectivity index (χ3n) is 5.74. The number of carbonyl (C=O) groups is 1. The molecule has 1 aromatic carbocycles. The predicted molar refractivity (Wildman–Crippen MR) is 106 cm³/mol. The van der Waals surface area contributed by atoms with Crippen LogP contribution in [-0.4, -0.2) is 27.1 Å². The fraction of sp³-hybridized carbons (Fsp3) is 0.455. The van der Waals surface area contributed by atoms with Crippen molar-refractivity contribution in [2.45, 2.75) is 57.9 Å². The summed E-state index contributed by atoms with van der Waals surface area (Å²) >= 11 is 0. The SMILES string of the molecule is CC(C(=O)N(c1ccccn1)C1CCCCC1)C(C)c1ccc(O)c(O)c1. The smallest absolute Gasteiger partial charge is 0.231 e. The lowest BCUT2D eigenvalue weighted by molar-refractivity contribution is -0.123. The van der Waals surface area contributed by atoms with Crippen molar-refractivity contribution in [3.63, 3.8) is 0 Å². The molecule has 1 fully saturated rings. The molecule has 1 heterocycles. The molecule has 2 unspecified atom stereocenters. The molecule has 1 saturated carbocycles. The Labute approximate surface area is 160 Å². The monoisotopic (exact) mass is 368 g/mol. The number of amides is 1. The van der Waals surface area contributed by atoms with Gasteiger partial charge in [-0.3, -0.25) is 9.69 Å². The van der Waals surface area contributed by atoms with Crippen molar-refractivity contribution in [1.82, 2.24) is 4.98 Å². The number of pyridine rings is 1. The molecule has 5 heteroatoms. The normalized spacial score (nSPS) is 17.3. The summed E-state index contributed by atoms with van der Waals surface area (Å²) in [5.74, 6) is 0.0782. The Hall–Kier alpha value is -2.56. The van der Waals surface area contributed by atoms with E-state index in [2.05, 4.69) is 4.98 Å². The Morgan fingerprint density at radius 3 is 2.44 bits per heavy atom. The zero-order valence-electron chi connectivity index (χ0n) is 16.0. The van der Waals surface area contributed by atoms with Crippen LogP contribution >= 0.6 is 0 Å². The van der Waals surface area contributed by atoms with Gasteiger partial charge in [-0.2, -0.15) is 0 Å². The number of phenols is 2. The predicted octanol–water partition coefficient (Wildman–Crippen LogP) is 4.60. The van der Waals surface area contributed by atoms with E-state index in [0.717, 1.165) is 31.2 Å². The van der Waals surface area contributed by atoms with Gasteiger partial charge in [-0.05, 0) is 48.6 Å². The van der Waals surface area contributed by atoms with Gasteiger partial charge in [0.15, 0.2) is 11.5 Å². The Kier molecular flexibility index (Phi) is 5.99.